The maximum Gasteiger partial charge on any atom is 0.348 e. The molecule has 2 aliphatic heterocycles. The third kappa shape index (κ3) is 5.80. The van der Waals surface area contributed by atoms with Crippen LogP contribution in [0.25, 0.3) is 0 Å². The number of nitrogens with zero attached hydrogens (tertiary/aromatic N) is 1. The lowest BCUT2D eigenvalue weighted by Crippen LogP contribution is -2.74. The van der Waals surface area contributed by atoms with E-state index >= 15 is 0 Å². The molecule has 254 valence electrons. The van der Waals surface area contributed by atoms with E-state index < -0.39 is 84.1 Å². The van der Waals surface area contributed by atoms with Crippen molar-refractivity contribution in [3.05, 3.63) is 40.7 Å². The summed E-state index contributed by atoms with van der Waals surface area (Å²) in [7, 11) is 1.93. The summed E-state index contributed by atoms with van der Waals surface area (Å²) in [4.78, 5) is 74.5. The first-order valence-electron chi connectivity index (χ1n) is 14.9. The van der Waals surface area contributed by atoms with E-state index in [1.807, 2.05) is 13.1 Å². The molecule has 2 aliphatic carbocycles. The van der Waals surface area contributed by atoms with Crippen LogP contribution < -0.4 is 4.74 Å². The number of rotatable bonds is 12. The van der Waals surface area contributed by atoms with E-state index in [2.05, 4.69) is 9.64 Å². The van der Waals surface area contributed by atoms with Gasteiger partial charge in [0.15, 0.2) is 12.2 Å². The van der Waals surface area contributed by atoms with Crippen molar-refractivity contribution in [2.24, 2.45) is 0 Å². The van der Waals surface area contributed by atoms with Crippen LogP contribution in [-0.2, 0) is 66.2 Å². The topological polar surface area (TPSA) is 233 Å². The van der Waals surface area contributed by atoms with Crippen molar-refractivity contribution in [3.63, 3.8) is 0 Å². The lowest BCUT2D eigenvalue weighted by Gasteiger charge is -2.61. The average molecular weight is 662 g/mol. The molecule has 7 atom stereocenters. The Balaban J connectivity index is 1.33. The number of hydrogen-bond acceptors (Lipinski definition) is 14. The van der Waals surface area contributed by atoms with Crippen LogP contribution in [0.1, 0.15) is 56.2 Å². The normalized spacial score (nSPS) is 27.1. The number of ether oxygens (including phenoxy) is 5. The second-order valence-electron chi connectivity index (χ2n) is 12.1. The van der Waals surface area contributed by atoms with Gasteiger partial charge in [-0.2, -0.15) is 0 Å². The second kappa shape index (κ2) is 12.6. The zero-order valence-corrected chi connectivity index (χ0v) is 25.8. The minimum Gasteiger partial charge on any atom is -0.481 e. The summed E-state index contributed by atoms with van der Waals surface area (Å²) in [5.74, 6) is -7.55. The largest absolute Gasteiger partial charge is 0.481 e. The molecule has 16 nitrogen and oxygen atoms in total. The Morgan fingerprint density at radius 3 is 2.40 bits per heavy atom. The minimum atomic E-state index is -2.06. The fraction of sp³-hybridized carbons (Fsp3) is 0.548. The maximum atomic E-state index is 13.3. The predicted molar refractivity (Wildman–Crippen MR) is 152 cm³/mol. The number of benzene rings is 1. The van der Waals surface area contributed by atoms with Crippen LogP contribution in [0.5, 0.6) is 5.75 Å². The van der Waals surface area contributed by atoms with E-state index in [9.17, 15) is 39.0 Å². The fourth-order valence-corrected chi connectivity index (χ4v) is 7.20. The molecule has 0 saturated carbocycles. The molecule has 47 heavy (non-hydrogen) atoms. The number of likely N-dealkylation sites (N-methyl/N-ethyl adjacent to an activating group) is 1. The van der Waals surface area contributed by atoms with Gasteiger partial charge in [-0.3, -0.25) is 14.4 Å². The lowest BCUT2D eigenvalue weighted by molar-refractivity contribution is -0.184. The summed E-state index contributed by atoms with van der Waals surface area (Å²) in [5, 5.41) is 40.3. The molecule has 1 saturated heterocycles. The summed E-state index contributed by atoms with van der Waals surface area (Å²) in [6.07, 6.45) is -5.90. The zero-order chi connectivity index (χ0) is 34.4. The van der Waals surface area contributed by atoms with Crippen LogP contribution in [0.3, 0.4) is 0 Å². The molecule has 1 aromatic carbocycles. The highest BCUT2D eigenvalue weighted by Gasteiger charge is 2.71. The smallest absolute Gasteiger partial charge is 0.348 e. The van der Waals surface area contributed by atoms with Gasteiger partial charge in [-0.1, -0.05) is 12.1 Å². The third-order valence-electron chi connectivity index (χ3n) is 9.30. The summed E-state index contributed by atoms with van der Waals surface area (Å²) >= 11 is 0. The monoisotopic (exact) mass is 661 g/mol. The standard InChI is InChI=1S/C31H35NO15/c1-14(28(40)46-19(27(38)39)11-22(35)36)43-29(41)20(44-15(2)34)12-23(37)45-18-6-7-31(42)21-10-16-4-5-17(13-33)25-24(16)30(31,26(18)47-25)8-9-32(21)3/h4-6,14,19-21,26,33,42H,7-13H2,1-3H3,(H,35,36)(H,38,39)/t14-,19+,20-,21+,26-,30-,31+/m0/s1. The quantitative estimate of drug-likeness (QED) is 0.167. The molecule has 1 aromatic rings. The van der Waals surface area contributed by atoms with Crippen molar-refractivity contribution < 1.29 is 72.9 Å². The van der Waals surface area contributed by atoms with Gasteiger partial charge in [0, 0.05) is 30.5 Å². The van der Waals surface area contributed by atoms with Gasteiger partial charge in [0.25, 0.3) is 0 Å². The van der Waals surface area contributed by atoms with Crippen molar-refractivity contribution in [3.8, 4) is 5.75 Å². The number of likely N-dealkylation sites (tertiary alicyclic amines) is 1. The van der Waals surface area contributed by atoms with Crippen molar-refractivity contribution in [2.45, 2.75) is 94.0 Å². The summed E-state index contributed by atoms with van der Waals surface area (Å²) in [6.45, 7) is 2.27. The Labute approximate surface area is 267 Å². The number of carbonyl (C=O) groups excluding carboxylic acids is 4. The molecule has 2 bridgehead atoms. The number of aliphatic carboxylic acids is 2. The van der Waals surface area contributed by atoms with Crippen LogP contribution in [-0.4, -0.2) is 111 Å². The predicted octanol–water partition coefficient (Wildman–Crippen LogP) is -0.276. The zero-order valence-electron chi connectivity index (χ0n) is 25.8. The number of aliphatic hydroxyl groups excluding tert-OH is 1. The summed E-state index contributed by atoms with van der Waals surface area (Å²) < 4.78 is 26.6. The molecule has 1 fully saturated rings. The van der Waals surface area contributed by atoms with E-state index in [-0.39, 0.29) is 24.8 Å². The molecular weight excluding hydrogens is 626 g/mol. The van der Waals surface area contributed by atoms with Crippen LogP contribution >= 0.6 is 0 Å². The van der Waals surface area contributed by atoms with Crippen molar-refractivity contribution in [1.29, 1.82) is 0 Å². The molecular formula is C31H35NO15. The van der Waals surface area contributed by atoms with Gasteiger partial charge in [-0.05, 0) is 45.0 Å². The number of piperidine rings is 1. The van der Waals surface area contributed by atoms with Gasteiger partial charge in [-0.15, -0.1) is 0 Å². The number of esters is 4. The number of carbonyl (C=O) groups is 6. The molecule has 0 radical (unpaired) electrons. The molecule has 4 N–H and O–H groups in total. The van der Waals surface area contributed by atoms with E-state index in [1.54, 1.807) is 12.1 Å². The first kappa shape index (κ1) is 33.8. The van der Waals surface area contributed by atoms with Crippen molar-refractivity contribution >= 4 is 35.8 Å². The SMILES string of the molecule is CC(=O)O[C@@H](CC(=O)OC1=CC[C@@]2(O)[C@H]3Cc4ccc(CO)c5c4[C@@]2(CCN3C)[C@H]1O5)C(=O)O[C@@H](C)C(=O)O[C@H](CC(=O)O)C(=O)O. The van der Waals surface area contributed by atoms with Gasteiger partial charge in [0.1, 0.15) is 11.5 Å². The molecule has 0 unspecified atom stereocenters. The Hall–Kier alpha value is -4.54. The third-order valence-corrected chi connectivity index (χ3v) is 9.30. The van der Waals surface area contributed by atoms with Crippen molar-refractivity contribution in [2.75, 3.05) is 13.6 Å². The van der Waals surface area contributed by atoms with Gasteiger partial charge in [0.05, 0.1) is 30.5 Å². The Kier molecular flexibility index (Phi) is 9.05. The highest BCUT2D eigenvalue weighted by molar-refractivity contribution is 5.88. The lowest BCUT2D eigenvalue weighted by atomic mass is 9.50. The van der Waals surface area contributed by atoms with E-state index in [4.69, 9.17) is 29.2 Å². The highest BCUT2D eigenvalue weighted by Crippen LogP contribution is 2.64. The van der Waals surface area contributed by atoms with Crippen LogP contribution in [0.4, 0.5) is 0 Å². The molecule has 0 amide bonds. The number of carboxylic acids is 2. The van der Waals surface area contributed by atoms with Crippen LogP contribution in [0.15, 0.2) is 24.0 Å². The molecule has 1 spiro atoms. The summed E-state index contributed by atoms with van der Waals surface area (Å²) in [6, 6.07) is 3.41. The Morgan fingerprint density at radius 2 is 1.77 bits per heavy atom. The number of hydrogen-bond donors (Lipinski definition) is 4. The average Bonchev–Trinajstić information content (AvgIpc) is 3.35. The maximum absolute atomic E-state index is 13.3. The molecule has 4 aliphatic rings. The summed E-state index contributed by atoms with van der Waals surface area (Å²) in [5.41, 5.74) is -0.0388. The first-order valence-corrected chi connectivity index (χ1v) is 14.9. The van der Waals surface area contributed by atoms with Crippen LogP contribution in [0, 0.1) is 0 Å². The number of aliphatic hydroxyl groups is 2. The van der Waals surface area contributed by atoms with Gasteiger partial charge in [-0.25, -0.2) is 14.4 Å². The van der Waals surface area contributed by atoms with Gasteiger partial charge in [0.2, 0.25) is 12.2 Å². The van der Waals surface area contributed by atoms with E-state index in [0.717, 1.165) is 25.0 Å². The Bertz CT molecular complexity index is 1550. The fourth-order valence-electron chi connectivity index (χ4n) is 7.20. The Morgan fingerprint density at radius 1 is 1.04 bits per heavy atom. The molecule has 16 heteroatoms. The molecule has 5 rings (SSSR count). The molecule has 2 heterocycles. The molecule has 0 aromatic heterocycles. The van der Waals surface area contributed by atoms with Crippen molar-refractivity contribution in [1.82, 2.24) is 4.90 Å². The van der Waals surface area contributed by atoms with Gasteiger partial charge >= 0.3 is 35.8 Å². The minimum absolute atomic E-state index is 0.0703. The van der Waals surface area contributed by atoms with E-state index in [1.165, 1.54) is 0 Å². The first-order chi connectivity index (χ1) is 22.1. The van der Waals surface area contributed by atoms with Gasteiger partial charge < -0.3 is 49.0 Å². The highest BCUT2D eigenvalue weighted by atomic mass is 16.6. The van der Waals surface area contributed by atoms with E-state index in [0.29, 0.717) is 30.7 Å². The second-order valence-corrected chi connectivity index (χ2v) is 12.1. The number of carboxylic acid groups (broad SMARTS) is 2. The van der Waals surface area contributed by atoms with Crippen LogP contribution in [0.2, 0.25) is 0 Å².